The fraction of sp³-hybridized carbons (Fsp3) is 0.467. The molecule has 0 unspecified atom stereocenters. The van der Waals surface area contributed by atoms with Gasteiger partial charge in [0.2, 0.25) is 0 Å². The quantitative estimate of drug-likeness (QED) is 0.292. The fourth-order valence-corrected chi connectivity index (χ4v) is 4.99. The number of piperazine rings is 1. The number of nitrogens with one attached hydrogen (secondary N) is 1. The van der Waals surface area contributed by atoms with Crippen molar-refractivity contribution in [3.8, 4) is 5.75 Å². The van der Waals surface area contributed by atoms with Gasteiger partial charge in [-0.1, -0.05) is 50.0 Å². The number of alkyl carbamates (subject to hydrolysis) is 1. The number of carbonyl (C=O) groups excluding carboxylic acids is 1. The molecule has 40 heavy (non-hydrogen) atoms. The lowest BCUT2D eigenvalue weighted by Crippen LogP contribution is -2.46. The molecular formula is C30H38Cl2N4O4. The Balaban J connectivity index is 1.23. The topological polar surface area (TPSA) is 76.0 Å². The normalized spacial score (nSPS) is 14.4. The smallest absolute Gasteiger partial charge is 0.408 e. The van der Waals surface area contributed by atoms with E-state index in [1.54, 1.807) is 6.07 Å². The monoisotopic (exact) mass is 588 g/mol. The summed E-state index contributed by atoms with van der Waals surface area (Å²) in [4.78, 5) is 29.4. The Labute approximate surface area is 245 Å². The zero-order valence-electron chi connectivity index (χ0n) is 23.4. The summed E-state index contributed by atoms with van der Waals surface area (Å²) >= 11 is 12.6. The second-order valence-electron chi connectivity index (χ2n) is 11.3. The molecule has 1 aromatic heterocycles. The zero-order chi connectivity index (χ0) is 28.7. The third-order valence-electron chi connectivity index (χ3n) is 6.83. The highest BCUT2D eigenvalue weighted by atomic mass is 35.5. The number of hydrogen-bond acceptors (Lipinski definition) is 6. The van der Waals surface area contributed by atoms with Crippen LogP contribution in [-0.2, 0) is 11.5 Å². The Bertz CT molecular complexity index is 1360. The highest BCUT2D eigenvalue weighted by molar-refractivity contribution is 6.43. The van der Waals surface area contributed by atoms with Crippen molar-refractivity contribution in [1.82, 2.24) is 14.8 Å². The molecule has 4 rings (SSSR count). The highest BCUT2D eigenvalue weighted by Crippen LogP contribution is 2.33. The number of rotatable bonds is 10. The molecule has 0 radical (unpaired) electrons. The molecule has 8 nitrogen and oxygen atoms in total. The van der Waals surface area contributed by atoms with Crippen molar-refractivity contribution in [3.63, 3.8) is 0 Å². The fourth-order valence-electron chi connectivity index (χ4n) is 4.58. The van der Waals surface area contributed by atoms with Gasteiger partial charge < -0.3 is 19.7 Å². The van der Waals surface area contributed by atoms with Crippen molar-refractivity contribution in [1.29, 1.82) is 0 Å². The first-order chi connectivity index (χ1) is 19.1. The first kappa shape index (κ1) is 30.0. The molecule has 10 heteroatoms. The standard InChI is InChI=1S/C30H38Cl2N4O4/c1-30(2,3)20-33-29(38)40-21-36-26-19-23(11-9-22(26)10-12-27(36)37)39-18-5-4-13-34-14-16-35(17-15-34)25-8-6-7-24(31)28(25)32/h6-12,19H,4-5,13-18,20-21H2,1-3H3,(H,33,38). The molecule has 2 heterocycles. The van der Waals surface area contributed by atoms with Crippen LogP contribution < -0.4 is 20.5 Å². The van der Waals surface area contributed by atoms with Gasteiger partial charge in [0.25, 0.3) is 5.56 Å². The third-order valence-corrected chi connectivity index (χ3v) is 7.64. The molecule has 0 aliphatic carbocycles. The molecule has 0 saturated carbocycles. The maximum absolute atomic E-state index is 12.5. The summed E-state index contributed by atoms with van der Waals surface area (Å²) in [6.45, 7) is 11.7. The van der Waals surface area contributed by atoms with E-state index in [9.17, 15) is 9.59 Å². The summed E-state index contributed by atoms with van der Waals surface area (Å²) in [5.74, 6) is 0.677. The van der Waals surface area contributed by atoms with Crippen molar-refractivity contribution in [3.05, 3.63) is 68.9 Å². The van der Waals surface area contributed by atoms with E-state index in [0.29, 0.717) is 34.5 Å². The number of benzene rings is 2. The first-order valence-electron chi connectivity index (χ1n) is 13.7. The number of unbranched alkanes of at least 4 members (excludes halogenated alkanes) is 1. The number of fused-ring (bicyclic) bond motifs is 1. The average molecular weight is 590 g/mol. The molecule has 0 spiro atoms. The predicted molar refractivity (Wildman–Crippen MR) is 162 cm³/mol. The van der Waals surface area contributed by atoms with Gasteiger partial charge in [0.05, 0.1) is 27.9 Å². The Hall–Kier alpha value is -2.94. The number of halogens is 2. The van der Waals surface area contributed by atoms with Gasteiger partial charge in [-0.3, -0.25) is 14.3 Å². The largest absolute Gasteiger partial charge is 0.494 e. The van der Waals surface area contributed by atoms with E-state index in [2.05, 4.69) is 15.1 Å². The summed E-state index contributed by atoms with van der Waals surface area (Å²) in [5, 5.41) is 4.80. The lowest BCUT2D eigenvalue weighted by atomic mass is 9.97. The SMILES string of the molecule is CC(C)(C)CNC(=O)OCn1c(=O)ccc2ccc(OCCCCN3CCN(c4cccc(Cl)c4Cl)CC3)cc21. The zero-order valence-corrected chi connectivity index (χ0v) is 24.9. The van der Waals surface area contributed by atoms with Gasteiger partial charge in [0.15, 0.2) is 6.73 Å². The van der Waals surface area contributed by atoms with Crippen molar-refractivity contribution < 1.29 is 14.3 Å². The van der Waals surface area contributed by atoms with E-state index in [1.165, 1.54) is 10.6 Å². The molecule has 1 saturated heterocycles. The summed E-state index contributed by atoms with van der Waals surface area (Å²) in [7, 11) is 0. The van der Waals surface area contributed by atoms with Crippen LogP contribution in [0.4, 0.5) is 10.5 Å². The Kier molecular flexibility index (Phi) is 10.2. The lowest BCUT2D eigenvalue weighted by Gasteiger charge is -2.36. The molecule has 216 valence electrons. The van der Waals surface area contributed by atoms with Crippen LogP contribution in [0, 0.1) is 5.41 Å². The van der Waals surface area contributed by atoms with Crippen LogP contribution >= 0.6 is 23.2 Å². The number of nitrogens with zero attached hydrogens (tertiary/aromatic N) is 3. The number of pyridine rings is 1. The first-order valence-corrected chi connectivity index (χ1v) is 14.4. The van der Waals surface area contributed by atoms with Crippen LogP contribution in [0.5, 0.6) is 5.75 Å². The van der Waals surface area contributed by atoms with Crippen LogP contribution in [0.1, 0.15) is 33.6 Å². The van der Waals surface area contributed by atoms with Gasteiger partial charge in [0.1, 0.15) is 5.75 Å². The lowest BCUT2D eigenvalue weighted by molar-refractivity contribution is 0.111. The molecular weight excluding hydrogens is 551 g/mol. The van der Waals surface area contributed by atoms with Gasteiger partial charge in [-0.15, -0.1) is 0 Å². The van der Waals surface area contributed by atoms with Gasteiger partial charge in [0, 0.05) is 44.9 Å². The van der Waals surface area contributed by atoms with Gasteiger partial charge >= 0.3 is 6.09 Å². The van der Waals surface area contributed by atoms with Gasteiger partial charge in [-0.25, -0.2) is 4.79 Å². The Morgan fingerprint density at radius 2 is 1.75 bits per heavy atom. The van der Waals surface area contributed by atoms with E-state index in [0.717, 1.165) is 56.6 Å². The van der Waals surface area contributed by atoms with E-state index in [4.69, 9.17) is 32.7 Å². The van der Waals surface area contributed by atoms with Gasteiger partial charge in [-0.05, 0) is 60.5 Å². The van der Waals surface area contributed by atoms with Gasteiger partial charge in [-0.2, -0.15) is 0 Å². The van der Waals surface area contributed by atoms with Crippen LogP contribution in [0.3, 0.4) is 0 Å². The molecule has 3 aromatic rings. The number of anilines is 1. The Morgan fingerprint density at radius 3 is 2.50 bits per heavy atom. The maximum Gasteiger partial charge on any atom is 0.408 e. The summed E-state index contributed by atoms with van der Waals surface area (Å²) < 4.78 is 12.8. The van der Waals surface area contributed by atoms with Crippen molar-refractivity contribution in [2.45, 2.75) is 40.3 Å². The third kappa shape index (κ3) is 8.29. The second kappa shape index (κ2) is 13.6. The van der Waals surface area contributed by atoms with Crippen LogP contribution in [0.15, 0.2) is 53.3 Å². The molecule has 1 aliphatic heterocycles. The van der Waals surface area contributed by atoms with E-state index in [-0.39, 0.29) is 17.7 Å². The van der Waals surface area contributed by atoms with Crippen LogP contribution in [-0.4, -0.2) is 61.4 Å². The number of hydrogen-bond donors (Lipinski definition) is 1. The number of amides is 1. The molecule has 2 aromatic carbocycles. The number of ether oxygens (including phenoxy) is 2. The van der Waals surface area contributed by atoms with E-state index >= 15 is 0 Å². The molecule has 1 amide bonds. The minimum atomic E-state index is -0.555. The summed E-state index contributed by atoms with van der Waals surface area (Å²) in [6.07, 6.45) is 1.38. The Morgan fingerprint density at radius 1 is 1.00 bits per heavy atom. The average Bonchev–Trinajstić information content (AvgIpc) is 2.92. The van der Waals surface area contributed by atoms with E-state index in [1.807, 2.05) is 57.2 Å². The van der Waals surface area contributed by atoms with Crippen molar-refractivity contribution in [2.24, 2.45) is 5.41 Å². The molecule has 1 fully saturated rings. The molecule has 1 N–H and O–H groups in total. The molecule has 0 bridgehead atoms. The van der Waals surface area contributed by atoms with Crippen molar-refractivity contribution in [2.75, 3.05) is 50.8 Å². The number of aromatic nitrogens is 1. The van der Waals surface area contributed by atoms with Crippen molar-refractivity contribution >= 4 is 45.9 Å². The van der Waals surface area contributed by atoms with Crippen LogP contribution in [0.25, 0.3) is 10.9 Å². The maximum atomic E-state index is 12.5. The number of carbonyl (C=O) groups is 1. The predicted octanol–water partition coefficient (Wildman–Crippen LogP) is 6.02. The minimum Gasteiger partial charge on any atom is -0.494 e. The molecule has 1 aliphatic rings. The highest BCUT2D eigenvalue weighted by Gasteiger charge is 2.19. The molecule has 0 atom stereocenters. The summed E-state index contributed by atoms with van der Waals surface area (Å²) in [5.41, 5.74) is 1.35. The summed E-state index contributed by atoms with van der Waals surface area (Å²) in [6, 6.07) is 14.6. The minimum absolute atomic E-state index is 0.0665. The second-order valence-corrected chi connectivity index (χ2v) is 12.0. The van der Waals surface area contributed by atoms with Crippen LogP contribution in [0.2, 0.25) is 10.0 Å². The van der Waals surface area contributed by atoms with E-state index < -0.39 is 6.09 Å².